The highest BCUT2D eigenvalue weighted by molar-refractivity contribution is 5.85. The minimum Gasteiger partial charge on any atom is -0.480 e. The number of aliphatic hydroxyl groups is 1. The van der Waals surface area contributed by atoms with Gasteiger partial charge in [0, 0.05) is 39.1 Å². The topological polar surface area (TPSA) is 93.1 Å². The van der Waals surface area contributed by atoms with Gasteiger partial charge in [-0.05, 0) is 0 Å². The Morgan fingerprint density at radius 1 is 1.28 bits per heavy atom. The standard InChI is InChI=1S/C11H19N3O4/c15-8-5-9(11(17)18)14(6-8)10(16)7-13-3-1-12-2-4-13/h8-9,12,15H,1-7H2,(H,17,18). The van der Waals surface area contributed by atoms with Gasteiger partial charge < -0.3 is 20.4 Å². The summed E-state index contributed by atoms with van der Waals surface area (Å²) in [6, 6.07) is -0.879. The summed E-state index contributed by atoms with van der Waals surface area (Å²) in [5.74, 6) is -1.25. The average molecular weight is 257 g/mol. The number of β-amino-alcohol motifs (C(OH)–C–C–N with tert-alkyl or cyclic N) is 1. The summed E-state index contributed by atoms with van der Waals surface area (Å²) in [6.07, 6.45) is -0.596. The van der Waals surface area contributed by atoms with Crippen molar-refractivity contribution in [2.24, 2.45) is 0 Å². The molecular formula is C11H19N3O4. The maximum Gasteiger partial charge on any atom is 0.326 e. The summed E-state index contributed by atoms with van der Waals surface area (Å²) >= 11 is 0. The number of hydrogen-bond donors (Lipinski definition) is 3. The van der Waals surface area contributed by atoms with E-state index in [-0.39, 0.29) is 25.4 Å². The Hall–Kier alpha value is -1.18. The van der Waals surface area contributed by atoms with Crippen LogP contribution in [-0.4, -0.2) is 83.3 Å². The molecule has 0 radical (unpaired) electrons. The van der Waals surface area contributed by atoms with Crippen LogP contribution in [0.5, 0.6) is 0 Å². The lowest BCUT2D eigenvalue weighted by molar-refractivity contribution is -0.148. The molecule has 102 valence electrons. The average Bonchev–Trinajstić information content (AvgIpc) is 2.73. The minimum absolute atomic E-state index is 0.127. The number of carboxylic acid groups (broad SMARTS) is 1. The predicted molar refractivity (Wildman–Crippen MR) is 63.1 cm³/mol. The number of carboxylic acids is 1. The van der Waals surface area contributed by atoms with Crippen molar-refractivity contribution in [1.82, 2.24) is 15.1 Å². The lowest BCUT2D eigenvalue weighted by Crippen LogP contribution is -2.50. The second kappa shape index (κ2) is 5.64. The van der Waals surface area contributed by atoms with Crippen LogP contribution in [0.25, 0.3) is 0 Å². The van der Waals surface area contributed by atoms with Crippen molar-refractivity contribution in [1.29, 1.82) is 0 Å². The van der Waals surface area contributed by atoms with Gasteiger partial charge in [0.15, 0.2) is 0 Å². The van der Waals surface area contributed by atoms with E-state index < -0.39 is 18.1 Å². The first-order valence-corrected chi connectivity index (χ1v) is 6.21. The van der Waals surface area contributed by atoms with Crippen LogP contribution in [-0.2, 0) is 9.59 Å². The molecule has 2 atom stereocenters. The Morgan fingerprint density at radius 2 is 1.94 bits per heavy atom. The molecule has 18 heavy (non-hydrogen) atoms. The molecule has 2 unspecified atom stereocenters. The first-order chi connectivity index (χ1) is 8.58. The van der Waals surface area contributed by atoms with Crippen molar-refractivity contribution in [3.63, 3.8) is 0 Å². The molecule has 2 saturated heterocycles. The first-order valence-electron chi connectivity index (χ1n) is 6.21. The molecule has 0 bridgehead atoms. The Bertz CT molecular complexity index is 330. The lowest BCUT2D eigenvalue weighted by atomic mass is 10.2. The van der Waals surface area contributed by atoms with Crippen LogP contribution >= 0.6 is 0 Å². The number of hydrogen-bond acceptors (Lipinski definition) is 5. The van der Waals surface area contributed by atoms with Crippen molar-refractivity contribution in [3.05, 3.63) is 0 Å². The quantitative estimate of drug-likeness (QED) is 0.538. The van der Waals surface area contributed by atoms with Crippen LogP contribution in [0.3, 0.4) is 0 Å². The van der Waals surface area contributed by atoms with E-state index in [0.29, 0.717) is 0 Å². The van der Waals surface area contributed by atoms with Gasteiger partial charge in [0.05, 0.1) is 12.6 Å². The molecule has 0 aromatic carbocycles. The number of likely N-dealkylation sites (tertiary alicyclic amines) is 1. The molecule has 2 aliphatic heterocycles. The van der Waals surface area contributed by atoms with Crippen LogP contribution in [0.2, 0.25) is 0 Å². The number of nitrogens with zero attached hydrogens (tertiary/aromatic N) is 2. The van der Waals surface area contributed by atoms with Gasteiger partial charge >= 0.3 is 5.97 Å². The highest BCUT2D eigenvalue weighted by Crippen LogP contribution is 2.18. The van der Waals surface area contributed by atoms with Crippen molar-refractivity contribution < 1.29 is 19.8 Å². The second-order valence-electron chi connectivity index (χ2n) is 4.82. The summed E-state index contributed by atoms with van der Waals surface area (Å²) < 4.78 is 0. The maximum absolute atomic E-state index is 12.1. The minimum atomic E-state index is -1.04. The summed E-state index contributed by atoms with van der Waals surface area (Å²) in [7, 11) is 0. The monoisotopic (exact) mass is 257 g/mol. The molecule has 2 aliphatic rings. The Kier molecular flexibility index (Phi) is 4.15. The number of nitrogens with one attached hydrogen (secondary N) is 1. The van der Waals surface area contributed by atoms with Crippen LogP contribution in [0, 0.1) is 0 Å². The van der Waals surface area contributed by atoms with E-state index in [4.69, 9.17) is 5.11 Å². The molecule has 0 aliphatic carbocycles. The number of aliphatic carboxylic acids is 1. The smallest absolute Gasteiger partial charge is 0.326 e. The van der Waals surface area contributed by atoms with Gasteiger partial charge in [-0.2, -0.15) is 0 Å². The fourth-order valence-corrected chi connectivity index (χ4v) is 2.47. The van der Waals surface area contributed by atoms with Gasteiger partial charge in [0.1, 0.15) is 6.04 Å². The SMILES string of the molecule is O=C(O)C1CC(O)CN1C(=O)CN1CCNCC1. The van der Waals surface area contributed by atoms with Gasteiger partial charge in [-0.3, -0.25) is 9.69 Å². The van der Waals surface area contributed by atoms with Crippen molar-refractivity contribution >= 4 is 11.9 Å². The van der Waals surface area contributed by atoms with Crippen molar-refractivity contribution in [2.75, 3.05) is 39.3 Å². The summed E-state index contributed by atoms with van der Waals surface area (Å²) in [5, 5.41) is 21.7. The van der Waals surface area contributed by atoms with E-state index in [1.165, 1.54) is 4.90 Å². The highest BCUT2D eigenvalue weighted by atomic mass is 16.4. The molecule has 7 nitrogen and oxygen atoms in total. The van der Waals surface area contributed by atoms with Crippen LogP contribution in [0.1, 0.15) is 6.42 Å². The van der Waals surface area contributed by atoms with Crippen LogP contribution < -0.4 is 5.32 Å². The van der Waals surface area contributed by atoms with Crippen LogP contribution in [0.4, 0.5) is 0 Å². The molecule has 1 amide bonds. The largest absolute Gasteiger partial charge is 0.480 e. The number of carbonyl (C=O) groups is 2. The first kappa shape index (κ1) is 13.3. The zero-order valence-electron chi connectivity index (χ0n) is 10.2. The summed E-state index contributed by atoms with van der Waals surface area (Å²) in [4.78, 5) is 26.4. The molecule has 7 heteroatoms. The number of rotatable bonds is 3. The maximum atomic E-state index is 12.1. The normalized spacial score (nSPS) is 29.5. The number of carbonyl (C=O) groups excluding carboxylic acids is 1. The Labute approximate surface area is 105 Å². The molecular weight excluding hydrogens is 238 g/mol. The third-order valence-corrected chi connectivity index (χ3v) is 3.45. The summed E-state index contributed by atoms with van der Waals surface area (Å²) in [6.45, 7) is 3.64. The van der Waals surface area contributed by atoms with Gasteiger partial charge in [0.25, 0.3) is 0 Å². The fourth-order valence-electron chi connectivity index (χ4n) is 2.47. The number of aliphatic hydroxyl groups excluding tert-OH is 1. The predicted octanol–water partition coefficient (Wildman–Crippen LogP) is -2.06. The van der Waals surface area contributed by atoms with E-state index in [1.807, 2.05) is 4.90 Å². The second-order valence-corrected chi connectivity index (χ2v) is 4.82. The van der Waals surface area contributed by atoms with Gasteiger partial charge in [-0.25, -0.2) is 4.79 Å². The van der Waals surface area contributed by atoms with Crippen molar-refractivity contribution in [2.45, 2.75) is 18.6 Å². The molecule has 0 aromatic rings. The zero-order valence-corrected chi connectivity index (χ0v) is 10.2. The van der Waals surface area contributed by atoms with Gasteiger partial charge in [0.2, 0.25) is 5.91 Å². The van der Waals surface area contributed by atoms with Gasteiger partial charge in [-0.1, -0.05) is 0 Å². The van der Waals surface area contributed by atoms with E-state index in [2.05, 4.69) is 5.32 Å². The molecule has 0 saturated carbocycles. The third-order valence-electron chi connectivity index (χ3n) is 3.45. The summed E-state index contributed by atoms with van der Waals surface area (Å²) in [5.41, 5.74) is 0. The Morgan fingerprint density at radius 3 is 2.56 bits per heavy atom. The van der Waals surface area contributed by atoms with Gasteiger partial charge in [-0.15, -0.1) is 0 Å². The van der Waals surface area contributed by atoms with E-state index in [9.17, 15) is 14.7 Å². The number of amides is 1. The fraction of sp³-hybridized carbons (Fsp3) is 0.818. The highest BCUT2D eigenvalue weighted by Gasteiger charge is 2.39. The lowest BCUT2D eigenvalue weighted by Gasteiger charge is -2.29. The van der Waals surface area contributed by atoms with Crippen LogP contribution in [0.15, 0.2) is 0 Å². The third kappa shape index (κ3) is 2.98. The van der Waals surface area contributed by atoms with Crippen molar-refractivity contribution in [3.8, 4) is 0 Å². The van der Waals surface area contributed by atoms with E-state index in [1.54, 1.807) is 0 Å². The Balaban J connectivity index is 1.92. The molecule has 2 rings (SSSR count). The molecule has 2 heterocycles. The van der Waals surface area contributed by atoms with E-state index >= 15 is 0 Å². The zero-order chi connectivity index (χ0) is 13.1. The molecule has 2 fully saturated rings. The molecule has 0 aromatic heterocycles. The van der Waals surface area contributed by atoms with E-state index in [0.717, 1.165) is 26.2 Å². The number of piperazine rings is 1. The molecule has 0 spiro atoms. The molecule has 3 N–H and O–H groups in total.